The van der Waals surface area contributed by atoms with E-state index in [1.165, 1.54) is 0 Å². The van der Waals surface area contributed by atoms with Crippen LogP contribution in [0.1, 0.15) is 19.8 Å². The van der Waals surface area contributed by atoms with E-state index in [0.717, 1.165) is 0 Å². The molecule has 0 amide bonds. The van der Waals surface area contributed by atoms with Crippen molar-refractivity contribution < 1.29 is 21.6 Å². The number of sulfonamides is 1. The van der Waals surface area contributed by atoms with Gasteiger partial charge in [-0.25, -0.2) is 8.42 Å². The van der Waals surface area contributed by atoms with Crippen LogP contribution in [0.5, 0.6) is 0 Å². The maximum Gasteiger partial charge on any atom is 0.407 e. The Bertz CT molecular complexity index is 336. The predicted octanol–water partition coefficient (Wildman–Crippen LogP) is 0.610. The van der Waals surface area contributed by atoms with Crippen molar-refractivity contribution in [3.63, 3.8) is 0 Å². The summed E-state index contributed by atoms with van der Waals surface area (Å²) >= 11 is 0. The molecule has 16 heavy (non-hydrogen) atoms. The van der Waals surface area contributed by atoms with E-state index < -0.39 is 21.7 Å². The van der Waals surface area contributed by atoms with E-state index in [0.29, 0.717) is 6.54 Å². The minimum absolute atomic E-state index is 0.153. The molecule has 0 radical (unpaired) electrons. The number of alkyl halides is 3. The van der Waals surface area contributed by atoms with Gasteiger partial charge in [0.1, 0.15) is 5.54 Å². The Morgan fingerprint density at radius 1 is 1.31 bits per heavy atom. The Hall–Kier alpha value is -0.340. The second kappa shape index (κ2) is 4.50. The normalized spacial score (nSPS) is 19.8. The molecule has 0 heterocycles. The second-order valence-corrected chi connectivity index (χ2v) is 5.70. The zero-order chi connectivity index (χ0) is 12.4. The summed E-state index contributed by atoms with van der Waals surface area (Å²) in [5, 5.41) is 2.75. The van der Waals surface area contributed by atoms with Crippen LogP contribution in [-0.4, -0.2) is 39.0 Å². The third-order valence-electron chi connectivity index (χ3n) is 2.44. The largest absolute Gasteiger partial charge is 0.407 e. The fourth-order valence-corrected chi connectivity index (χ4v) is 2.73. The van der Waals surface area contributed by atoms with E-state index in [4.69, 9.17) is 0 Å². The molecule has 8 heteroatoms. The predicted molar refractivity (Wildman–Crippen MR) is 53.5 cm³/mol. The molecule has 0 aromatic carbocycles. The third kappa shape index (κ3) is 3.33. The van der Waals surface area contributed by atoms with E-state index in [-0.39, 0.29) is 25.1 Å². The van der Waals surface area contributed by atoms with Gasteiger partial charge in [0.15, 0.2) is 0 Å². The van der Waals surface area contributed by atoms with E-state index in [1.807, 2.05) is 0 Å². The number of rotatable bonds is 6. The van der Waals surface area contributed by atoms with E-state index in [2.05, 4.69) is 5.32 Å². The van der Waals surface area contributed by atoms with Crippen molar-refractivity contribution in [1.29, 1.82) is 0 Å². The van der Waals surface area contributed by atoms with Crippen LogP contribution < -0.4 is 10.0 Å². The molecule has 1 rings (SSSR count). The van der Waals surface area contributed by atoms with Gasteiger partial charge < -0.3 is 5.32 Å². The van der Waals surface area contributed by atoms with Crippen LogP contribution >= 0.6 is 0 Å². The number of nitrogens with one attached hydrogen (secondary N) is 2. The first-order valence-electron chi connectivity index (χ1n) is 5.01. The summed E-state index contributed by atoms with van der Waals surface area (Å²) in [5.74, 6) is -0.335. The van der Waals surface area contributed by atoms with Gasteiger partial charge in [-0.1, -0.05) is 6.92 Å². The van der Waals surface area contributed by atoms with Gasteiger partial charge in [-0.3, -0.25) is 0 Å². The quantitative estimate of drug-likeness (QED) is 0.688. The van der Waals surface area contributed by atoms with Crippen molar-refractivity contribution in [2.75, 3.05) is 18.8 Å². The molecular weight excluding hydrogens is 245 g/mol. The molecule has 96 valence electrons. The van der Waals surface area contributed by atoms with E-state index in [1.54, 1.807) is 11.6 Å². The fourth-order valence-electron chi connectivity index (χ4n) is 1.30. The summed E-state index contributed by atoms with van der Waals surface area (Å²) in [7, 11) is -3.86. The van der Waals surface area contributed by atoms with Gasteiger partial charge in [0.25, 0.3) is 0 Å². The first-order chi connectivity index (χ1) is 7.22. The van der Waals surface area contributed by atoms with Gasteiger partial charge in [0.05, 0.1) is 5.75 Å². The maximum absolute atomic E-state index is 12.5. The van der Waals surface area contributed by atoms with E-state index >= 15 is 0 Å². The Morgan fingerprint density at radius 3 is 2.25 bits per heavy atom. The molecule has 0 atom stereocenters. The molecule has 2 N–H and O–H groups in total. The lowest BCUT2D eigenvalue weighted by Crippen LogP contribution is -2.49. The molecule has 4 nitrogen and oxygen atoms in total. The minimum Gasteiger partial charge on any atom is -0.316 e. The van der Waals surface area contributed by atoms with Gasteiger partial charge in [-0.15, -0.1) is 0 Å². The van der Waals surface area contributed by atoms with Gasteiger partial charge in [-0.2, -0.15) is 17.9 Å². The van der Waals surface area contributed by atoms with Crippen LogP contribution in [0.25, 0.3) is 0 Å². The number of hydrogen-bond donors (Lipinski definition) is 2. The third-order valence-corrected chi connectivity index (χ3v) is 3.88. The number of hydrogen-bond acceptors (Lipinski definition) is 3. The molecular formula is C8H15F3N2O2S. The van der Waals surface area contributed by atoms with Crippen LogP contribution in [0.3, 0.4) is 0 Å². The molecule has 1 fully saturated rings. The smallest absolute Gasteiger partial charge is 0.316 e. The maximum atomic E-state index is 12.5. The summed E-state index contributed by atoms with van der Waals surface area (Å²) in [6.07, 6.45) is -4.84. The average molecular weight is 260 g/mol. The highest BCUT2D eigenvalue weighted by Gasteiger charge is 2.65. The Kier molecular flexibility index (Phi) is 3.86. The van der Waals surface area contributed by atoms with Gasteiger partial charge in [-0.05, 0) is 19.4 Å². The molecule has 0 unspecified atom stereocenters. The second-order valence-electron chi connectivity index (χ2n) is 3.85. The fraction of sp³-hybridized carbons (Fsp3) is 1.00. The monoisotopic (exact) mass is 260 g/mol. The van der Waals surface area contributed by atoms with Crippen LogP contribution in [0, 0.1) is 0 Å². The standard InChI is InChI=1S/C8H15F3N2O2S/c1-2-12-5-6-16(14,15)13-7(3-4-7)8(9,10)11/h12-13H,2-6H2,1H3. The lowest BCUT2D eigenvalue weighted by atomic mass is 10.3. The van der Waals surface area contributed by atoms with Crippen molar-refractivity contribution >= 4 is 10.0 Å². The molecule has 0 bridgehead atoms. The first kappa shape index (κ1) is 13.7. The molecule has 0 saturated heterocycles. The van der Waals surface area contributed by atoms with Crippen molar-refractivity contribution in [2.45, 2.75) is 31.5 Å². The molecule has 0 spiro atoms. The van der Waals surface area contributed by atoms with Crippen molar-refractivity contribution in [1.82, 2.24) is 10.0 Å². The van der Waals surface area contributed by atoms with Crippen LogP contribution in [-0.2, 0) is 10.0 Å². The van der Waals surface area contributed by atoms with E-state index in [9.17, 15) is 21.6 Å². The average Bonchev–Trinajstić information content (AvgIpc) is 2.83. The highest BCUT2D eigenvalue weighted by Crippen LogP contribution is 2.49. The molecule has 1 aliphatic carbocycles. The van der Waals surface area contributed by atoms with Crippen molar-refractivity contribution in [3.8, 4) is 0 Å². The summed E-state index contributed by atoms with van der Waals surface area (Å²) in [5.41, 5.74) is -2.20. The number of halogens is 3. The first-order valence-corrected chi connectivity index (χ1v) is 6.67. The lowest BCUT2D eigenvalue weighted by Gasteiger charge is -2.20. The SMILES string of the molecule is CCNCCS(=O)(=O)NC1(C(F)(F)F)CC1. The minimum atomic E-state index is -4.50. The molecule has 1 aliphatic rings. The Balaban J connectivity index is 2.54. The molecule has 0 aromatic rings. The lowest BCUT2D eigenvalue weighted by molar-refractivity contribution is -0.160. The zero-order valence-electron chi connectivity index (χ0n) is 8.89. The molecule has 0 aromatic heterocycles. The van der Waals surface area contributed by atoms with Crippen molar-refractivity contribution in [2.24, 2.45) is 0 Å². The topological polar surface area (TPSA) is 58.2 Å². The summed E-state index contributed by atoms with van der Waals surface area (Å²) in [4.78, 5) is 0. The highest BCUT2D eigenvalue weighted by atomic mass is 32.2. The van der Waals surface area contributed by atoms with Gasteiger partial charge in [0.2, 0.25) is 10.0 Å². The Labute approximate surface area is 92.6 Å². The summed E-state index contributed by atoms with van der Waals surface area (Å²) < 4.78 is 61.9. The molecule has 1 saturated carbocycles. The Morgan fingerprint density at radius 2 is 1.88 bits per heavy atom. The van der Waals surface area contributed by atoms with Gasteiger partial charge in [0, 0.05) is 6.54 Å². The van der Waals surface area contributed by atoms with Crippen molar-refractivity contribution in [3.05, 3.63) is 0 Å². The van der Waals surface area contributed by atoms with Crippen LogP contribution in [0.4, 0.5) is 13.2 Å². The van der Waals surface area contributed by atoms with Gasteiger partial charge >= 0.3 is 6.18 Å². The summed E-state index contributed by atoms with van der Waals surface area (Å²) in [6.45, 7) is 2.53. The zero-order valence-corrected chi connectivity index (χ0v) is 9.71. The summed E-state index contributed by atoms with van der Waals surface area (Å²) in [6, 6.07) is 0. The van der Waals surface area contributed by atoms with Crippen LogP contribution in [0.2, 0.25) is 0 Å². The molecule has 0 aliphatic heterocycles. The highest BCUT2D eigenvalue weighted by molar-refractivity contribution is 7.89. The van der Waals surface area contributed by atoms with Crippen LogP contribution in [0.15, 0.2) is 0 Å².